The maximum absolute atomic E-state index is 3.16. The van der Waals surface area contributed by atoms with Gasteiger partial charge in [-0.25, -0.2) is 0 Å². The molecule has 0 atom stereocenters. The minimum Gasteiger partial charge on any atom is -0.139 e. The van der Waals surface area contributed by atoms with Gasteiger partial charge in [0.25, 0.3) is 0 Å². The summed E-state index contributed by atoms with van der Waals surface area (Å²) >= 11 is 3.76. The number of hydrogen-bond donors (Lipinski definition) is 0. The highest BCUT2D eigenvalue weighted by molar-refractivity contribution is 7.13. The van der Waals surface area contributed by atoms with E-state index in [2.05, 4.69) is 61.1 Å². The lowest BCUT2D eigenvalue weighted by Gasteiger charge is -2.12. The normalized spacial score (nSPS) is 16.2. The summed E-state index contributed by atoms with van der Waals surface area (Å²) in [6.45, 7) is 4.51. The van der Waals surface area contributed by atoms with Crippen molar-refractivity contribution in [2.45, 2.75) is 33.1 Å². The van der Waals surface area contributed by atoms with Gasteiger partial charge in [-0.1, -0.05) is 22.9 Å². The van der Waals surface area contributed by atoms with E-state index in [9.17, 15) is 0 Å². The minimum absolute atomic E-state index is 1.17. The molecular weight excluding hydrogens is 340 g/mol. The molecule has 0 unspecified atom stereocenters. The van der Waals surface area contributed by atoms with Crippen LogP contribution in [0.3, 0.4) is 0 Å². The third-order valence-electron chi connectivity index (χ3n) is 5.13. The number of allylic oxidation sites excluding steroid dienone is 2. The smallest absolute Gasteiger partial charge is 0.0441 e. The van der Waals surface area contributed by atoms with Crippen molar-refractivity contribution in [3.63, 3.8) is 0 Å². The summed E-state index contributed by atoms with van der Waals surface area (Å²) in [4.78, 5) is 5.46. The Bertz CT molecular complexity index is 1070. The molecule has 0 aromatic carbocycles. The molecule has 0 spiro atoms. The first-order valence-electron chi connectivity index (χ1n) is 8.58. The number of fused-ring (bicyclic) bond motifs is 2. The van der Waals surface area contributed by atoms with Gasteiger partial charge in [0, 0.05) is 53.9 Å². The molecule has 0 radical (unpaired) electrons. The number of hydrogen-bond acceptors (Lipinski definition) is 2. The van der Waals surface area contributed by atoms with Crippen molar-refractivity contribution >= 4 is 58.1 Å². The van der Waals surface area contributed by atoms with Crippen molar-refractivity contribution in [2.75, 3.05) is 0 Å². The second-order valence-corrected chi connectivity index (χ2v) is 9.10. The fraction of sp³-hybridized carbons (Fsp3) is 0.217. The lowest BCUT2D eigenvalue weighted by atomic mass is 9.91. The zero-order valence-electron chi connectivity index (χ0n) is 14.2. The van der Waals surface area contributed by atoms with Gasteiger partial charge in [0.05, 0.1) is 0 Å². The SMILES string of the molecule is Cc1sc2c(c1C1=C(c3c(C)sc4c3C=C=C=C4)CCC1)C=C=C=C2. The molecule has 2 heterocycles. The first-order valence-corrected chi connectivity index (χ1v) is 10.2. The van der Waals surface area contributed by atoms with Crippen molar-refractivity contribution < 1.29 is 0 Å². The van der Waals surface area contributed by atoms with Gasteiger partial charge in [-0.15, -0.1) is 22.7 Å². The van der Waals surface area contributed by atoms with E-state index in [4.69, 9.17) is 0 Å². The monoisotopic (exact) mass is 356 g/mol. The molecule has 2 heteroatoms. The molecule has 0 fully saturated rings. The predicted molar refractivity (Wildman–Crippen MR) is 111 cm³/mol. The van der Waals surface area contributed by atoms with Gasteiger partial charge in [0.15, 0.2) is 0 Å². The minimum atomic E-state index is 1.17. The number of aryl methyl sites for hydroxylation is 2. The van der Waals surface area contributed by atoms with Crippen molar-refractivity contribution in [3.8, 4) is 0 Å². The van der Waals surface area contributed by atoms with Crippen LogP contribution in [0.2, 0.25) is 0 Å². The van der Waals surface area contributed by atoms with E-state index in [-0.39, 0.29) is 0 Å². The van der Waals surface area contributed by atoms with E-state index >= 15 is 0 Å². The lowest BCUT2D eigenvalue weighted by Crippen LogP contribution is -1.92. The first-order chi connectivity index (χ1) is 12.2. The van der Waals surface area contributed by atoms with Crippen LogP contribution >= 0.6 is 22.7 Å². The van der Waals surface area contributed by atoms with Gasteiger partial charge in [-0.05, 0) is 56.4 Å². The van der Waals surface area contributed by atoms with Gasteiger partial charge in [-0.3, -0.25) is 0 Å². The average Bonchev–Trinajstić information content (AvgIpc) is 3.27. The summed E-state index contributed by atoms with van der Waals surface area (Å²) in [6, 6.07) is 0. The molecule has 0 amide bonds. The molecule has 120 valence electrons. The van der Waals surface area contributed by atoms with Crippen LogP contribution in [0.5, 0.6) is 0 Å². The molecule has 2 aromatic rings. The Balaban J connectivity index is 1.77. The summed E-state index contributed by atoms with van der Waals surface area (Å²) in [5.74, 6) is 0. The molecule has 5 rings (SSSR count). The van der Waals surface area contributed by atoms with E-state index in [0.29, 0.717) is 0 Å². The van der Waals surface area contributed by atoms with Gasteiger partial charge >= 0.3 is 0 Å². The van der Waals surface area contributed by atoms with E-state index in [1.165, 1.54) is 61.0 Å². The first kappa shape index (κ1) is 15.0. The fourth-order valence-electron chi connectivity index (χ4n) is 4.16. The summed E-state index contributed by atoms with van der Waals surface area (Å²) in [5.41, 5.74) is 21.2. The van der Waals surface area contributed by atoms with Gasteiger partial charge < -0.3 is 0 Å². The molecule has 0 N–H and O–H groups in total. The van der Waals surface area contributed by atoms with Gasteiger partial charge in [-0.2, -0.15) is 0 Å². The van der Waals surface area contributed by atoms with Crippen LogP contribution in [-0.2, 0) is 0 Å². The number of rotatable bonds is 2. The Labute approximate surface area is 155 Å². The fourth-order valence-corrected chi connectivity index (χ4v) is 6.26. The highest BCUT2D eigenvalue weighted by atomic mass is 32.1. The molecule has 0 saturated heterocycles. The third kappa shape index (κ3) is 2.22. The number of thiophene rings is 2. The Morgan fingerprint density at radius 3 is 1.60 bits per heavy atom. The Morgan fingerprint density at radius 2 is 1.12 bits per heavy atom. The molecule has 0 saturated carbocycles. The molecule has 3 aliphatic rings. The summed E-state index contributed by atoms with van der Waals surface area (Å²) in [6.07, 6.45) is 11.9. The lowest BCUT2D eigenvalue weighted by molar-refractivity contribution is 0.941. The zero-order chi connectivity index (χ0) is 17.0. The standard InChI is InChI=1S/C23H16S2/c1-14-22(18-8-3-5-12-20(18)24-14)16-10-7-11-17(16)23-15(2)25-21-13-6-4-9-19(21)23/h8-9,12-13H,7,10-11H2,1-2H3. The van der Waals surface area contributed by atoms with Crippen LogP contribution in [0.1, 0.15) is 61.0 Å². The largest absolute Gasteiger partial charge is 0.139 e. The average molecular weight is 357 g/mol. The van der Waals surface area contributed by atoms with Crippen molar-refractivity contribution in [2.24, 2.45) is 0 Å². The van der Waals surface area contributed by atoms with E-state index in [1.54, 1.807) is 11.1 Å². The topological polar surface area (TPSA) is 0 Å². The molecule has 2 aromatic heterocycles. The maximum Gasteiger partial charge on any atom is 0.0441 e. The van der Waals surface area contributed by atoms with Crippen molar-refractivity contribution in [1.29, 1.82) is 0 Å². The van der Waals surface area contributed by atoms with E-state index in [0.717, 1.165) is 0 Å². The molecular formula is C23H16S2. The van der Waals surface area contributed by atoms with E-state index < -0.39 is 0 Å². The van der Waals surface area contributed by atoms with Gasteiger partial charge in [0.1, 0.15) is 0 Å². The maximum atomic E-state index is 3.16. The third-order valence-corrected chi connectivity index (χ3v) is 7.26. The second kappa shape index (κ2) is 5.63. The Morgan fingerprint density at radius 1 is 0.680 bits per heavy atom. The van der Waals surface area contributed by atoms with Crippen LogP contribution in [0.15, 0.2) is 22.9 Å². The zero-order valence-corrected chi connectivity index (χ0v) is 15.9. The van der Waals surface area contributed by atoms with E-state index in [1.807, 2.05) is 22.7 Å². The molecule has 0 nitrogen and oxygen atoms in total. The Hall–Kier alpha value is -2.26. The highest BCUT2D eigenvalue weighted by Crippen LogP contribution is 2.49. The quantitative estimate of drug-likeness (QED) is 0.336. The molecule has 0 bridgehead atoms. The Kier molecular flexibility index (Phi) is 3.39. The van der Waals surface area contributed by atoms with Gasteiger partial charge in [0.2, 0.25) is 0 Å². The van der Waals surface area contributed by atoms with Crippen LogP contribution in [0, 0.1) is 13.8 Å². The predicted octanol–water partition coefficient (Wildman–Crippen LogP) is 7.11. The summed E-state index contributed by atoms with van der Waals surface area (Å²) in [5, 5.41) is 0. The summed E-state index contributed by atoms with van der Waals surface area (Å²) in [7, 11) is 0. The highest BCUT2D eigenvalue weighted by Gasteiger charge is 2.27. The van der Waals surface area contributed by atoms with Crippen LogP contribution in [0.4, 0.5) is 0 Å². The molecule has 25 heavy (non-hydrogen) atoms. The second-order valence-electron chi connectivity index (χ2n) is 6.59. The molecule has 3 aliphatic carbocycles. The van der Waals surface area contributed by atoms with Crippen LogP contribution < -0.4 is 0 Å². The van der Waals surface area contributed by atoms with Crippen molar-refractivity contribution in [3.05, 3.63) is 64.7 Å². The van der Waals surface area contributed by atoms with Crippen molar-refractivity contribution in [1.82, 2.24) is 0 Å². The summed E-state index contributed by atoms with van der Waals surface area (Å²) < 4.78 is 0. The molecule has 0 aliphatic heterocycles. The van der Waals surface area contributed by atoms with Crippen LogP contribution in [0.25, 0.3) is 35.5 Å². The van der Waals surface area contributed by atoms with Crippen LogP contribution in [-0.4, -0.2) is 0 Å².